The Morgan fingerprint density at radius 2 is 2.19 bits per heavy atom. The molecule has 16 heavy (non-hydrogen) atoms. The van der Waals surface area contributed by atoms with Crippen LogP contribution in [0.25, 0.3) is 0 Å². The Morgan fingerprint density at radius 3 is 2.69 bits per heavy atom. The molecule has 0 spiro atoms. The van der Waals surface area contributed by atoms with E-state index in [1.54, 1.807) is 0 Å². The van der Waals surface area contributed by atoms with Crippen LogP contribution in [0.5, 0.6) is 0 Å². The van der Waals surface area contributed by atoms with Crippen LogP contribution in [-0.2, 0) is 6.54 Å². The molecule has 0 radical (unpaired) electrons. The maximum atomic E-state index is 9.27. The van der Waals surface area contributed by atoms with Gasteiger partial charge in [0.2, 0.25) is 0 Å². The molecule has 90 valence electrons. The van der Waals surface area contributed by atoms with Crippen molar-refractivity contribution in [2.24, 2.45) is 5.92 Å². The van der Waals surface area contributed by atoms with Crippen molar-refractivity contribution in [3.8, 4) is 0 Å². The highest BCUT2D eigenvalue weighted by Crippen LogP contribution is 2.08. The Balaban J connectivity index is 2.46. The average Bonchev–Trinajstić information content (AvgIpc) is 2.31. The van der Waals surface area contributed by atoms with Gasteiger partial charge in [0.05, 0.1) is 12.3 Å². The number of nitrogens with zero attached hydrogens (tertiary/aromatic N) is 1. The second-order valence-corrected chi connectivity index (χ2v) is 4.38. The standard InChI is InChI=1S/C13H22N2O/c1-4-11(3)13(9-16)15-8-12-6-5-10(2)7-14-12/h5-7,11,13,15-16H,4,8-9H2,1-3H3. The van der Waals surface area contributed by atoms with Gasteiger partial charge in [-0.2, -0.15) is 0 Å². The van der Waals surface area contributed by atoms with Crippen molar-refractivity contribution in [3.63, 3.8) is 0 Å². The van der Waals surface area contributed by atoms with Gasteiger partial charge in [-0.1, -0.05) is 26.3 Å². The van der Waals surface area contributed by atoms with E-state index in [0.29, 0.717) is 5.92 Å². The van der Waals surface area contributed by atoms with Crippen molar-refractivity contribution in [1.82, 2.24) is 10.3 Å². The van der Waals surface area contributed by atoms with Crippen LogP contribution < -0.4 is 5.32 Å². The number of rotatable bonds is 6. The zero-order valence-electron chi connectivity index (χ0n) is 10.4. The Hall–Kier alpha value is -0.930. The lowest BCUT2D eigenvalue weighted by molar-refractivity contribution is 0.200. The van der Waals surface area contributed by atoms with Crippen LogP contribution in [0.1, 0.15) is 31.5 Å². The molecule has 1 aromatic rings. The molecule has 0 saturated heterocycles. The van der Waals surface area contributed by atoms with E-state index in [4.69, 9.17) is 0 Å². The number of aliphatic hydroxyl groups excluding tert-OH is 1. The van der Waals surface area contributed by atoms with Crippen molar-refractivity contribution in [2.45, 2.75) is 39.8 Å². The fourth-order valence-corrected chi connectivity index (χ4v) is 1.57. The molecule has 2 atom stereocenters. The number of aliphatic hydroxyl groups is 1. The van der Waals surface area contributed by atoms with Crippen LogP contribution in [0.15, 0.2) is 18.3 Å². The van der Waals surface area contributed by atoms with Crippen molar-refractivity contribution >= 4 is 0 Å². The van der Waals surface area contributed by atoms with Gasteiger partial charge in [0.25, 0.3) is 0 Å². The van der Waals surface area contributed by atoms with Crippen molar-refractivity contribution in [2.75, 3.05) is 6.61 Å². The number of aryl methyl sites for hydroxylation is 1. The van der Waals surface area contributed by atoms with Gasteiger partial charge in [0.15, 0.2) is 0 Å². The van der Waals surface area contributed by atoms with Crippen LogP contribution in [0.2, 0.25) is 0 Å². The SMILES string of the molecule is CCC(C)C(CO)NCc1ccc(C)cn1. The lowest BCUT2D eigenvalue weighted by Gasteiger charge is -2.21. The highest BCUT2D eigenvalue weighted by Gasteiger charge is 2.13. The molecule has 2 unspecified atom stereocenters. The monoisotopic (exact) mass is 222 g/mol. The second kappa shape index (κ2) is 6.61. The predicted molar refractivity (Wildman–Crippen MR) is 66.1 cm³/mol. The van der Waals surface area contributed by atoms with Crippen molar-refractivity contribution < 1.29 is 5.11 Å². The molecule has 0 fully saturated rings. The van der Waals surface area contributed by atoms with Gasteiger partial charge in [-0.15, -0.1) is 0 Å². The van der Waals surface area contributed by atoms with E-state index < -0.39 is 0 Å². The number of nitrogens with one attached hydrogen (secondary N) is 1. The smallest absolute Gasteiger partial charge is 0.0587 e. The Bertz CT molecular complexity index is 297. The fraction of sp³-hybridized carbons (Fsp3) is 0.615. The minimum absolute atomic E-state index is 0.160. The fourth-order valence-electron chi connectivity index (χ4n) is 1.57. The zero-order valence-corrected chi connectivity index (χ0v) is 10.4. The minimum atomic E-state index is 0.160. The summed E-state index contributed by atoms with van der Waals surface area (Å²) in [5.74, 6) is 0.482. The summed E-state index contributed by atoms with van der Waals surface area (Å²) >= 11 is 0. The normalized spacial score (nSPS) is 14.8. The maximum Gasteiger partial charge on any atom is 0.0587 e. The van der Waals surface area contributed by atoms with Crippen LogP contribution in [0, 0.1) is 12.8 Å². The molecule has 0 saturated carbocycles. The van der Waals surface area contributed by atoms with Gasteiger partial charge in [-0.05, 0) is 24.5 Å². The molecule has 3 heteroatoms. The third kappa shape index (κ3) is 3.91. The highest BCUT2D eigenvalue weighted by atomic mass is 16.3. The summed E-state index contributed by atoms with van der Waals surface area (Å²) in [6, 6.07) is 4.24. The van der Waals surface area contributed by atoms with Crippen LogP contribution in [-0.4, -0.2) is 22.7 Å². The third-order valence-corrected chi connectivity index (χ3v) is 3.05. The van der Waals surface area contributed by atoms with Crippen LogP contribution >= 0.6 is 0 Å². The highest BCUT2D eigenvalue weighted by molar-refractivity contribution is 5.12. The molecule has 0 bridgehead atoms. The van der Waals surface area contributed by atoms with E-state index in [2.05, 4.69) is 30.2 Å². The summed E-state index contributed by atoms with van der Waals surface area (Å²) in [5, 5.41) is 12.6. The minimum Gasteiger partial charge on any atom is -0.395 e. The first-order valence-corrected chi connectivity index (χ1v) is 5.93. The van der Waals surface area contributed by atoms with Gasteiger partial charge in [-0.25, -0.2) is 0 Å². The predicted octanol–water partition coefficient (Wildman–Crippen LogP) is 1.89. The quantitative estimate of drug-likeness (QED) is 0.772. The van der Waals surface area contributed by atoms with Gasteiger partial charge < -0.3 is 10.4 Å². The summed E-state index contributed by atoms with van der Waals surface area (Å²) < 4.78 is 0. The van der Waals surface area contributed by atoms with E-state index >= 15 is 0 Å². The van der Waals surface area contributed by atoms with Crippen molar-refractivity contribution in [1.29, 1.82) is 0 Å². The third-order valence-electron chi connectivity index (χ3n) is 3.05. The summed E-state index contributed by atoms with van der Waals surface area (Å²) in [6.45, 7) is 7.21. The second-order valence-electron chi connectivity index (χ2n) is 4.38. The van der Waals surface area contributed by atoms with Crippen LogP contribution in [0.3, 0.4) is 0 Å². The topological polar surface area (TPSA) is 45.1 Å². The number of aromatic nitrogens is 1. The first kappa shape index (κ1) is 13.1. The molecule has 0 amide bonds. The maximum absolute atomic E-state index is 9.27. The Labute approximate surface area is 97.9 Å². The molecule has 1 rings (SSSR count). The van der Waals surface area contributed by atoms with E-state index in [1.165, 1.54) is 5.56 Å². The Kier molecular flexibility index (Phi) is 5.43. The lowest BCUT2D eigenvalue weighted by Crippen LogP contribution is -2.37. The summed E-state index contributed by atoms with van der Waals surface area (Å²) in [5.41, 5.74) is 2.19. The molecule has 0 aliphatic carbocycles. The van der Waals surface area contributed by atoms with E-state index in [-0.39, 0.29) is 12.6 Å². The number of hydrogen-bond donors (Lipinski definition) is 2. The molecule has 3 nitrogen and oxygen atoms in total. The molecular formula is C13H22N2O. The van der Waals surface area contributed by atoms with Gasteiger partial charge in [0, 0.05) is 18.8 Å². The summed E-state index contributed by atoms with van der Waals surface area (Å²) in [4.78, 5) is 4.33. The summed E-state index contributed by atoms with van der Waals surface area (Å²) in [6.07, 6.45) is 2.94. The molecular weight excluding hydrogens is 200 g/mol. The molecule has 1 aromatic heterocycles. The first-order valence-electron chi connectivity index (χ1n) is 5.93. The Morgan fingerprint density at radius 1 is 1.44 bits per heavy atom. The van der Waals surface area contributed by atoms with E-state index in [9.17, 15) is 5.11 Å². The van der Waals surface area contributed by atoms with Gasteiger partial charge in [-0.3, -0.25) is 4.98 Å². The van der Waals surface area contributed by atoms with E-state index in [1.807, 2.05) is 19.2 Å². The molecule has 0 aliphatic rings. The van der Waals surface area contributed by atoms with Crippen molar-refractivity contribution in [3.05, 3.63) is 29.6 Å². The first-order chi connectivity index (χ1) is 7.67. The number of hydrogen-bond acceptors (Lipinski definition) is 3. The van der Waals surface area contributed by atoms with E-state index in [0.717, 1.165) is 18.7 Å². The molecule has 2 N–H and O–H groups in total. The number of pyridine rings is 1. The van der Waals surface area contributed by atoms with Gasteiger partial charge in [0.1, 0.15) is 0 Å². The summed E-state index contributed by atoms with van der Waals surface area (Å²) in [7, 11) is 0. The van der Waals surface area contributed by atoms with Gasteiger partial charge >= 0.3 is 0 Å². The van der Waals surface area contributed by atoms with Crippen LogP contribution in [0.4, 0.5) is 0 Å². The largest absolute Gasteiger partial charge is 0.395 e. The average molecular weight is 222 g/mol. The lowest BCUT2D eigenvalue weighted by atomic mass is 10.00. The molecule has 0 aliphatic heterocycles. The zero-order chi connectivity index (χ0) is 12.0. The molecule has 1 heterocycles. The molecule has 0 aromatic carbocycles.